The Bertz CT molecular complexity index is 1130. The summed E-state index contributed by atoms with van der Waals surface area (Å²) >= 11 is 1.56. The smallest absolute Gasteiger partial charge is 0.154 e. The van der Waals surface area contributed by atoms with Crippen LogP contribution in [-0.4, -0.2) is 28.9 Å². The van der Waals surface area contributed by atoms with Crippen molar-refractivity contribution in [2.24, 2.45) is 0 Å². The molecule has 0 radical (unpaired) electrons. The molecule has 32 heavy (non-hydrogen) atoms. The standard InChI is InChI=1S/C26H25N3O2S/c1-31-24-12-20(11-22(15-24)21-7-9-27-10-8-21)14-26(30)25(13-19-5-3-2-4-6-19)28-16-23-17-32-18-29-23/h2-12,15,17-18,25,28H,13-14,16H2,1H3/t25-/m0/s1. The lowest BCUT2D eigenvalue weighted by Crippen LogP contribution is -2.39. The molecular weight excluding hydrogens is 418 g/mol. The van der Waals surface area contributed by atoms with Gasteiger partial charge in [-0.3, -0.25) is 9.78 Å². The van der Waals surface area contributed by atoms with Crippen LogP contribution in [0.3, 0.4) is 0 Å². The molecule has 4 aromatic rings. The van der Waals surface area contributed by atoms with Crippen molar-refractivity contribution in [1.29, 1.82) is 0 Å². The predicted molar refractivity (Wildman–Crippen MR) is 128 cm³/mol. The normalized spacial score (nSPS) is 11.8. The fourth-order valence-electron chi connectivity index (χ4n) is 3.62. The van der Waals surface area contributed by atoms with Crippen LogP contribution in [0.25, 0.3) is 11.1 Å². The van der Waals surface area contributed by atoms with Gasteiger partial charge in [-0.05, 0) is 52.9 Å². The fourth-order valence-corrected chi connectivity index (χ4v) is 4.18. The van der Waals surface area contributed by atoms with Crippen molar-refractivity contribution in [2.75, 3.05) is 7.11 Å². The van der Waals surface area contributed by atoms with E-state index < -0.39 is 0 Å². The minimum absolute atomic E-state index is 0.137. The van der Waals surface area contributed by atoms with Crippen LogP contribution in [-0.2, 0) is 24.2 Å². The van der Waals surface area contributed by atoms with E-state index in [9.17, 15) is 4.79 Å². The Labute approximate surface area is 192 Å². The molecule has 4 rings (SSSR count). The summed E-state index contributed by atoms with van der Waals surface area (Å²) in [6, 6.07) is 19.6. The van der Waals surface area contributed by atoms with Crippen molar-refractivity contribution in [2.45, 2.75) is 25.4 Å². The van der Waals surface area contributed by atoms with Crippen molar-refractivity contribution in [3.8, 4) is 16.9 Å². The number of ether oxygens (including phenoxy) is 1. The quantitative estimate of drug-likeness (QED) is 0.384. The molecule has 0 saturated carbocycles. The average Bonchev–Trinajstić information content (AvgIpc) is 3.36. The molecule has 0 spiro atoms. The third kappa shape index (κ3) is 5.87. The van der Waals surface area contributed by atoms with Gasteiger partial charge in [0.15, 0.2) is 5.78 Å². The number of hydrogen-bond acceptors (Lipinski definition) is 6. The van der Waals surface area contributed by atoms with Gasteiger partial charge in [0.1, 0.15) is 5.75 Å². The number of thiazole rings is 1. The second kappa shape index (κ2) is 10.8. The highest BCUT2D eigenvalue weighted by Gasteiger charge is 2.20. The van der Waals surface area contributed by atoms with E-state index in [0.717, 1.165) is 33.7 Å². The molecule has 2 aromatic heterocycles. The summed E-state index contributed by atoms with van der Waals surface area (Å²) in [5, 5.41) is 5.42. The summed E-state index contributed by atoms with van der Waals surface area (Å²) < 4.78 is 5.50. The van der Waals surface area contributed by atoms with Crippen molar-refractivity contribution >= 4 is 17.1 Å². The largest absolute Gasteiger partial charge is 0.497 e. The van der Waals surface area contributed by atoms with E-state index >= 15 is 0 Å². The predicted octanol–water partition coefficient (Wildman–Crippen LogP) is 4.73. The van der Waals surface area contributed by atoms with Crippen LogP contribution in [0.5, 0.6) is 5.75 Å². The van der Waals surface area contributed by atoms with E-state index in [1.165, 1.54) is 0 Å². The van der Waals surface area contributed by atoms with Crippen molar-refractivity contribution in [3.05, 3.63) is 101 Å². The number of pyridine rings is 1. The molecule has 0 bridgehead atoms. The van der Waals surface area contributed by atoms with Crippen LogP contribution < -0.4 is 10.1 Å². The maximum absolute atomic E-state index is 13.4. The highest BCUT2D eigenvalue weighted by molar-refractivity contribution is 7.07. The molecule has 0 amide bonds. The van der Waals surface area contributed by atoms with Crippen LogP contribution in [0.4, 0.5) is 0 Å². The molecule has 2 aromatic carbocycles. The number of methoxy groups -OCH3 is 1. The van der Waals surface area contributed by atoms with Crippen LogP contribution in [0.15, 0.2) is 83.9 Å². The zero-order valence-corrected chi connectivity index (χ0v) is 18.7. The first-order chi connectivity index (χ1) is 15.7. The SMILES string of the molecule is COc1cc(CC(=O)[C@H](Cc2ccccc2)NCc2cscn2)cc(-c2ccncc2)c1. The molecule has 1 atom stereocenters. The highest BCUT2D eigenvalue weighted by Crippen LogP contribution is 2.26. The number of nitrogens with one attached hydrogen (secondary N) is 1. The molecule has 5 nitrogen and oxygen atoms in total. The zero-order valence-electron chi connectivity index (χ0n) is 17.9. The van der Waals surface area contributed by atoms with E-state index in [-0.39, 0.29) is 11.8 Å². The maximum Gasteiger partial charge on any atom is 0.154 e. The van der Waals surface area contributed by atoms with E-state index in [1.54, 1.807) is 30.8 Å². The molecule has 0 saturated heterocycles. The summed E-state index contributed by atoms with van der Waals surface area (Å²) in [6.07, 6.45) is 4.47. The molecule has 0 unspecified atom stereocenters. The number of carbonyl (C=O) groups excluding carboxylic acids is 1. The van der Waals surface area contributed by atoms with Gasteiger partial charge in [-0.15, -0.1) is 11.3 Å². The van der Waals surface area contributed by atoms with Gasteiger partial charge in [-0.2, -0.15) is 0 Å². The van der Waals surface area contributed by atoms with Crippen molar-refractivity contribution in [3.63, 3.8) is 0 Å². The van der Waals surface area contributed by atoms with Gasteiger partial charge < -0.3 is 10.1 Å². The molecule has 162 valence electrons. The van der Waals surface area contributed by atoms with Gasteiger partial charge >= 0.3 is 0 Å². The maximum atomic E-state index is 13.4. The average molecular weight is 444 g/mol. The molecule has 0 aliphatic heterocycles. The number of nitrogens with zero attached hydrogens (tertiary/aromatic N) is 2. The highest BCUT2D eigenvalue weighted by atomic mass is 32.1. The molecule has 1 N–H and O–H groups in total. The Morgan fingerprint density at radius 2 is 1.84 bits per heavy atom. The first-order valence-corrected chi connectivity index (χ1v) is 11.4. The van der Waals surface area contributed by atoms with Crippen LogP contribution in [0.1, 0.15) is 16.8 Å². The number of ketones is 1. The summed E-state index contributed by atoms with van der Waals surface area (Å²) in [5.74, 6) is 0.871. The van der Waals surface area contributed by atoms with Gasteiger partial charge in [0.25, 0.3) is 0 Å². The third-order valence-corrected chi connectivity index (χ3v) is 5.91. The van der Waals surface area contributed by atoms with E-state index in [4.69, 9.17) is 4.74 Å². The monoisotopic (exact) mass is 443 g/mol. The van der Waals surface area contributed by atoms with Gasteiger partial charge in [0.05, 0.1) is 24.4 Å². The first-order valence-electron chi connectivity index (χ1n) is 10.5. The minimum Gasteiger partial charge on any atom is -0.497 e. The van der Waals surface area contributed by atoms with Gasteiger partial charge in [-0.25, -0.2) is 4.98 Å². The Hall–Kier alpha value is -3.35. The second-order valence-corrected chi connectivity index (χ2v) is 8.27. The number of aromatic nitrogens is 2. The third-order valence-electron chi connectivity index (χ3n) is 5.28. The molecule has 2 heterocycles. The Morgan fingerprint density at radius 3 is 2.56 bits per heavy atom. The topological polar surface area (TPSA) is 64.1 Å². The van der Waals surface area contributed by atoms with Crippen LogP contribution in [0, 0.1) is 0 Å². The van der Waals surface area contributed by atoms with Gasteiger partial charge in [0.2, 0.25) is 0 Å². The lowest BCUT2D eigenvalue weighted by Gasteiger charge is -2.18. The summed E-state index contributed by atoms with van der Waals surface area (Å²) in [7, 11) is 1.64. The Balaban J connectivity index is 1.55. The van der Waals surface area contributed by atoms with Crippen LogP contribution in [0.2, 0.25) is 0 Å². The van der Waals surface area contributed by atoms with Crippen molar-refractivity contribution < 1.29 is 9.53 Å². The zero-order chi connectivity index (χ0) is 22.2. The van der Waals surface area contributed by atoms with E-state index in [1.807, 2.05) is 53.4 Å². The van der Waals surface area contributed by atoms with Gasteiger partial charge in [0, 0.05) is 30.7 Å². The number of hydrogen-bond donors (Lipinski definition) is 1. The lowest BCUT2D eigenvalue weighted by atomic mass is 9.95. The Morgan fingerprint density at radius 1 is 1.03 bits per heavy atom. The van der Waals surface area contributed by atoms with E-state index in [0.29, 0.717) is 19.4 Å². The molecule has 6 heteroatoms. The molecular formula is C26H25N3O2S. The summed E-state index contributed by atoms with van der Waals surface area (Å²) in [6.45, 7) is 0.563. The summed E-state index contributed by atoms with van der Waals surface area (Å²) in [5.41, 5.74) is 6.85. The lowest BCUT2D eigenvalue weighted by molar-refractivity contribution is -0.120. The number of carbonyl (C=O) groups is 1. The number of rotatable bonds is 10. The molecule has 0 fully saturated rings. The molecule has 0 aliphatic carbocycles. The van der Waals surface area contributed by atoms with Crippen molar-refractivity contribution in [1.82, 2.24) is 15.3 Å². The second-order valence-electron chi connectivity index (χ2n) is 7.55. The molecule has 0 aliphatic rings. The summed E-state index contributed by atoms with van der Waals surface area (Å²) in [4.78, 5) is 21.8. The fraction of sp³-hybridized carbons (Fsp3) is 0.192. The van der Waals surface area contributed by atoms with Gasteiger partial charge in [-0.1, -0.05) is 36.4 Å². The Kier molecular flexibility index (Phi) is 7.38. The van der Waals surface area contributed by atoms with E-state index in [2.05, 4.69) is 33.5 Å². The first kappa shape index (κ1) is 21.9. The number of benzene rings is 2. The minimum atomic E-state index is -0.310. The number of Topliss-reactive ketones (excluding diaryl/α,β-unsaturated/α-hetero) is 1. The van der Waals surface area contributed by atoms with Crippen LogP contribution >= 0.6 is 11.3 Å².